The highest BCUT2D eigenvalue weighted by Gasteiger charge is 2.23. The van der Waals surface area contributed by atoms with Gasteiger partial charge in [0.2, 0.25) is 0 Å². The molecule has 0 N–H and O–H groups in total. The molecule has 0 saturated heterocycles. The lowest BCUT2D eigenvalue weighted by molar-refractivity contribution is 0.596. The molecule has 0 fully saturated rings. The second kappa shape index (κ2) is 5.87. The van der Waals surface area contributed by atoms with Gasteiger partial charge in [-0.3, -0.25) is 0 Å². The lowest BCUT2D eigenvalue weighted by Gasteiger charge is -2.11. The molecule has 0 saturated carbocycles. The van der Waals surface area contributed by atoms with Crippen molar-refractivity contribution in [3.8, 4) is 0 Å². The van der Waals surface area contributed by atoms with Crippen molar-refractivity contribution >= 4 is 32.2 Å². The molecule has 0 radical (unpaired) electrons. The Morgan fingerprint density at radius 1 is 1.14 bits per heavy atom. The van der Waals surface area contributed by atoms with Crippen LogP contribution in [0.3, 0.4) is 0 Å². The number of rotatable bonds is 3. The van der Waals surface area contributed by atoms with Crippen molar-refractivity contribution in [3.05, 3.63) is 46.6 Å². The van der Waals surface area contributed by atoms with Gasteiger partial charge in [0.15, 0.2) is 14.9 Å². The molecule has 7 heteroatoms. The van der Waals surface area contributed by atoms with E-state index < -0.39 is 20.6 Å². The first-order chi connectivity index (χ1) is 9.70. The fourth-order valence-corrected chi connectivity index (χ4v) is 5.01. The number of aromatic nitrogens is 1. The van der Waals surface area contributed by atoms with Crippen molar-refractivity contribution in [2.75, 3.05) is 6.26 Å². The zero-order valence-electron chi connectivity index (χ0n) is 11.8. The van der Waals surface area contributed by atoms with E-state index in [2.05, 4.69) is 4.98 Å². The summed E-state index contributed by atoms with van der Waals surface area (Å²) in [4.78, 5) is 4.68. The van der Waals surface area contributed by atoms with Crippen LogP contribution in [-0.4, -0.2) is 23.9 Å². The van der Waals surface area contributed by atoms with Gasteiger partial charge in [0.05, 0.1) is 0 Å². The maximum atomic E-state index is 12.7. The number of aryl methyl sites for hydroxylation is 2. The van der Waals surface area contributed by atoms with Crippen LogP contribution in [0.5, 0.6) is 0 Å². The summed E-state index contributed by atoms with van der Waals surface area (Å²) < 4.78 is 36.6. The molecule has 0 amide bonds. The number of nitrogens with zero attached hydrogens (tertiary/aromatic N) is 1. The number of hydrogen-bond donors (Lipinski definition) is 0. The quantitative estimate of drug-likeness (QED) is 0.859. The third-order valence-corrected chi connectivity index (χ3v) is 5.81. The molecule has 112 valence electrons. The molecule has 0 aliphatic rings. The van der Waals surface area contributed by atoms with Crippen molar-refractivity contribution < 1.29 is 12.6 Å². The van der Waals surface area contributed by atoms with Crippen molar-refractivity contribution in [1.82, 2.24) is 4.98 Å². The van der Waals surface area contributed by atoms with Crippen LogP contribution < -0.4 is 0 Å². The Hall–Kier alpha value is -1.24. The summed E-state index contributed by atoms with van der Waals surface area (Å²) in [5.41, 5.74) is 1.17. The molecule has 0 aliphatic heterocycles. The van der Waals surface area contributed by atoms with E-state index in [1.807, 2.05) is 0 Å². The first kappa shape index (κ1) is 16.1. The zero-order chi connectivity index (χ0) is 15.8. The highest BCUT2D eigenvalue weighted by Crippen LogP contribution is 2.26. The van der Waals surface area contributed by atoms with Gasteiger partial charge < -0.3 is 0 Å². The molecule has 2 rings (SSSR count). The van der Waals surface area contributed by atoms with Gasteiger partial charge in [-0.15, -0.1) is 0 Å². The van der Waals surface area contributed by atoms with Crippen LogP contribution in [0.15, 0.2) is 45.1 Å². The molecule has 2 aromatic rings. The maximum absolute atomic E-state index is 12.7. The van der Waals surface area contributed by atoms with E-state index in [1.165, 1.54) is 0 Å². The lowest BCUT2D eigenvalue weighted by atomic mass is 10.2. The van der Waals surface area contributed by atoms with Gasteiger partial charge >= 0.3 is 0 Å². The predicted octanol–water partition coefficient (Wildman–Crippen LogP) is 2.92. The summed E-state index contributed by atoms with van der Waals surface area (Å²) in [6.07, 6.45) is 1.09. The van der Waals surface area contributed by atoms with Crippen molar-refractivity contribution in [1.29, 1.82) is 0 Å². The molecule has 1 atom stereocenters. The second-order valence-electron chi connectivity index (χ2n) is 4.71. The molecule has 4 nitrogen and oxygen atoms in total. The minimum Gasteiger partial charge on any atom is -0.247 e. The Bertz CT molecular complexity index is 815. The van der Waals surface area contributed by atoms with Crippen LogP contribution in [0, 0.1) is 13.8 Å². The Balaban J connectivity index is 2.68. The molecule has 0 aliphatic carbocycles. The van der Waals surface area contributed by atoms with Gasteiger partial charge in [-0.05, 0) is 49.7 Å². The molecule has 1 aromatic carbocycles. The van der Waals surface area contributed by atoms with Gasteiger partial charge in [0, 0.05) is 21.9 Å². The Morgan fingerprint density at radius 3 is 2.24 bits per heavy atom. The summed E-state index contributed by atoms with van der Waals surface area (Å²) in [5, 5.41) is 0.588. The van der Waals surface area contributed by atoms with E-state index >= 15 is 0 Å². The van der Waals surface area contributed by atoms with Crippen molar-refractivity contribution in [2.24, 2.45) is 0 Å². The smallest absolute Gasteiger partial charge is 0.178 e. The lowest BCUT2D eigenvalue weighted by Crippen LogP contribution is -2.10. The SMILES string of the molecule is Cc1cc(C)c(S(C)(=O)=O)c([S@@](=O)c2ccc(Cl)cc2)n1. The van der Waals surface area contributed by atoms with E-state index in [0.717, 1.165) is 6.26 Å². The van der Waals surface area contributed by atoms with Crippen molar-refractivity contribution in [3.63, 3.8) is 0 Å². The number of hydrogen-bond acceptors (Lipinski definition) is 4. The molecular formula is C14H14ClNO3S2. The standard InChI is InChI=1S/C14H14ClNO3S2/c1-9-8-10(2)16-14(13(9)21(3,18)19)20(17)12-6-4-11(15)5-7-12/h4-8H,1-3H3/t20-/m0/s1. The first-order valence-electron chi connectivity index (χ1n) is 6.06. The van der Waals surface area contributed by atoms with Crippen LogP contribution in [0.25, 0.3) is 0 Å². The largest absolute Gasteiger partial charge is 0.247 e. The Morgan fingerprint density at radius 2 is 1.71 bits per heavy atom. The first-order valence-corrected chi connectivity index (χ1v) is 9.47. The molecule has 1 aromatic heterocycles. The van der Waals surface area contributed by atoms with Crippen LogP contribution >= 0.6 is 11.6 Å². The van der Waals surface area contributed by atoms with E-state index in [-0.39, 0.29) is 9.92 Å². The third-order valence-electron chi connectivity index (χ3n) is 2.83. The van der Waals surface area contributed by atoms with E-state index in [1.54, 1.807) is 44.2 Å². The second-order valence-corrected chi connectivity index (χ2v) is 8.49. The summed E-state index contributed by atoms with van der Waals surface area (Å²) >= 11 is 5.81. The third kappa shape index (κ3) is 3.51. The summed E-state index contributed by atoms with van der Waals surface area (Å²) in [6.45, 7) is 3.41. The summed E-state index contributed by atoms with van der Waals surface area (Å²) in [7, 11) is -5.21. The predicted molar refractivity (Wildman–Crippen MR) is 82.9 cm³/mol. The molecule has 1 heterocycles. The monoisotopic (exact) mass is 343 g/mol. The van der Waals surface area contributed by atoms with Crippen molar-refractivity contribution in [2.45, 2.75) is 28.7 Å². The highest BCUT2D eigenvalue weighted by molar-refractivity contribution is 7.92. The summed E-state index contributed by atoms with van der Waals surface area (Å²) in [5.74, 6) is 0. The molecule has 0 unspecified atom stereocenters. The van der Waals surface area contributed by atoms with Gasteiger partial charge in [-0.1, -0.05) is 11.6 Å². The molecule has 0 bridgehead atoms. The van der Waals surface area contributed by atoms with Gasteiger partial charge in [-0.25, -0.2) is 17.6 Å². The molecule has 21 heavy (non-hydrogen) atoms. The number of sulfone groups is 1. The molecular weight excluding hydrogens is 330 g/mol. The maximum Gasteiger partial charge on any atom is 0.178 e. The van der Waals surface area contributed by atoms with Crippen LogP contribution in [0.1, 0.15) is 11.3 Å². The van der Waals surface area contributed by atoms with Crippen LogP contribution in [0.4, 0.5) is 0 Å². The minimum absolute atomic E-state index is 0.0291. The average Bonchev–Trinajstić information content (AvgIpc) is 2.36. The minimum atomic E-state index is -3.52. The number of pyridine rings is 1. The number of halogens is 1. The Kier molecular flexibility index (Phi) is 4.51. The zero-order valence-corrected chi connectivity index (χ0v) is 14.1. The van der Waals surface area contributed by atoms with Gasteiger partial charge in [0.1, 0.15) is 15.7 Å². The Labute approximate surface area is 131 Å². The fourth-order valence-electron chi connectivity index (χ4n) is 2.04. The van der Waals surface area contributed by atoms with Crippen LogP contribution in [-0.2, 0) is 20.6 Å². The summed E-state index contributed by atoms with van der Waals surface area (Å²) in [6, 6.07) is 8.09. The molecule has 0 spiro atoms. The average molecular weight is 344 g/mol. The topological polar surface area (TPSA) is 64.1 Å². The fraction of sp³-hybridized carbons (Fsp3) is 0.214. The van der Waals surface area contributed by atoms with Gasteiger partial charge in [-0.2, -0.15) is 0 Å². The number of benzene rings is 1. The van der Waals surface area contributed by atoms with E-state index in [0.29, 0.717) is 21.2 Å². The van der Waals surface area contributed by atoms with E-state index in [4.69, 9.17) is 11.6 Å². The highest BCUT2D eigenvalue weighted by atomic mass is 35.5. The van der Waals surface area contributed by atoms with E-state index in [9.17, 15) is 12.6 Å². The van der Waals surface area contributed by atoms with Gasteiger partial charge in [0.25, 0.3) is 0 Å². The van der Waals surface area contributed by atoms with Crippen LogP contribution in [0.2, 0.25) is 5.02 Å². The normalized spacial score (nSPS) is 13.1.